The van der Waals surface area contributed by atoms with E-state index in [4.69, 9.17) is 0 Å². The lowest BCUT2D eigenvalue weighted by Crippen LogP contribution is -2.48. The first-order valence-corrected chi connectivity index (χ1v) is 7.33. The summed E-state index contributed by atoms with van der Waals surface area (Å²) in [6.07, 6.45) is 3.91. The van der Waals surface area contributed by atoms with E-state index in [-0.39, 0.29) is 28.7 Å². The summed E-state index contributed by atoms with van der Waals surface area (Å²) < 4.78 is 0. The summed E-state index contributed by atoms with van der Waals surface area (Å²) in [5.74, 6) is -0.259. The average Bonchev–Trinajstić information content (AvgIpc) is 2.25. The molecule has 1 aliphatic carbocycles. The van der Waals surface area contributed by atoms with Crippen molar-refractivity contribution in [3.63, 3.8) is 0 Å². The van der Waals surface area contributed by atoms with Crippen LogP contribution in [0.4, 0.5) is 0 Å². The second-order valence-corrected chi connectivity index (χ2v) is 7.68. The fourth-order valence-electron chi connectivity index (χ4n) is 3.85. The van der Waals surface area contributed by atoms with Gasteiger partial charge in [0.25, 0.3) is 5.91 Å². The molecule has 0 spiro atoms. The van der Waals surface area contributed by atoms with Crippen LogP contribution in [0.15, 0.2) is 5.10 Å². The van der Waals surface area contributed by atoms with Gasteiger partial charge in [0, 0.05) is 18.9 Å². The fourth-order valence-corrected chi connectivity index (χ4v) is 3.85. The SMILES string of the molecule is CC1(C)CC(NC(=O)C2=NNC(=O)CC2)CC(C)(C)C1. The largest absolute Gasteiger partial charge is 0.348 e. The van der Waals surface area contributed by atoms with Crippen LogP contribution >= 0.6 is 0 Å². The molecule has 0 aromatic carbocycles. The van der Waals surface area contributed by atoms with E-state index in [1.54, 1.807) is 0 Å². The van der Waals surface area contributed by atoms with Crippen LogP contribution in [0.3, 0.4) is 0 Å². The zero-order chi connectivity index (χ0) is 15.0. The molecule has 0 atom stereocenters. The zero-order valence-electron chi connectivity index (χ0n) is 12.9. The average molecular weight is 279 g/mol. The van der Waals surface area contributed by atoms with Gasteiger partial charge >= 0.3 is 0 Å². The van der Waals surface area contributed by atoms with Crippen LogP contribution in [-0.2, 0) is 9.59 Å². The highest BCUT2D eigenvalue weighted by Crippen LogP contribution is 2.45. The minimum Gasteiger partial charge on any atom is -0.348 e. The maximum absolute atomic E-state index is 12.2. The molecule has 1 saturated carbocycles. The van der Waals surface area contributed by atoms with E-state index < -0.39 is 0 Å². The molecule has 0 unspecified atom stereocenters. The van der Waals surface area contributed by atoms with E-state index in [2.05, 4.69) is 43.5 Å². The third kappa shape index (κ3) is 3.81. The van der Waals surface area contributed by atoms with Crippen molar-refractivity contribution in [3.8, 4) is 0 Å². The normalized spacial score (nSPS) is 25.6. The predicted molar refractivity (Wildman–Crippen MR) is 78.2 cm³/mol. The molecule has 0 saturated heterocycles. The van der Waals surface area contributed by atoms with Crippen LogP contribution in [0.25, 0.3) is 0 Å². The summed E-state index contributed by atoms with van der Waals surface area (Å²) in [6.45, 7) is 9.02. The van der Waals surface area contributed by atoms with E-state index in [9.17, 15) is 9.59 Å². The van der Waals surface area contributed by atoms with Gasteiger partial charge in [0.1, 0.15) is 5.71 Å². The van der Waals surface area contributed by atoms with Crippen molar-refractivity contribution >= 4 is 17.5 Å². The van der Waals surface area contributed by atoms with Crippen LogP contribution in [0.5, 0.6) is 0 Å². The Morgan fingerprint density at radius 2 is 1.80 bits per heavy atom. The molecule has 2 N–H and O–H groups in total. The lowest BCUT2D eigenvalue weighted by atomic mass is 9.63. The molecule has 0 aromatic rings. The molecule has 0 bridgehead atoms. The van der Waals surface area contributed by atoms with Gasteiger partial charge in [-0.2, -0.15) is 5.10 Å². The van der Waals surface area contributed by atoms with Gasteiger partial charge in [-0.05, 0) is 30.1 Å². The van der Waals surface area contributed by atoms with Crippen molar-refractivity contribution in [2.24, 2.45) is 15.9 Å². The van der Waals surface area contributed by atoms with E-state index in [1.165, 1.54) is 6.42 Å². The Hall–Kier alpha value is -1.39. The quantitative estimate of drug-likeness (QED) is 0.811. The van der Waals surface area contributed by atoms with E-state index >= 15 is 0 Å². The van der Waals surface area contributed by atoms with Crippen molar-refractivity contribution in [1.82, 2.24) is 10.7 Å². The van der Waals surface area contributed by atoms with Gasteiger partial charge < -0.3 is 5.32 Å². The van der Waals surface area contributed by atoms with Crippen molar-refractivity contribution < 1.29 is 9.59 Å². The standard InChI is InChI=1S/C15H25N3O2/c1-14(2)7-10(8-15(3,4)9-14)16-13(20)11-5-6-12(19)18-17-11/h10H,5-9H2,1-4H3,(H,16,20)(H,18,19). The molecule has 0 aromatic heterocycles. The first-order chi connectivity index (χ1) is 9.17. The summed E-state index contributed by atoms with van der Waals surface area (Å²) in [5.41, 5.74) is 3.28. The summed E-state index contributed by atoms with van der Waals surface area (Å²) in [4.78, 5) is 23.2. The van der Waals surface area contributed by atoms with Gasteiger partial charge in [-0.25, -0.2) is 5.43 Å². The molecule has 5 heteroatoms. The number of rotatable bonds is 2. The van der Waals surface area contributed by atoms with E-state index in [0.29, 0.717) is 18.6 Å². The number of nitrogens with zero attached hydrogens (tertiary/aromatic N) is 1. The molecule has 2 rings (SSSR count). The predicted octanol–water partition coefficient (Wildman–Crippen LogP) is 1.97. The number of hydrogen-bond acceptors (Lipinski definition) is 3. The summed E-state index contributed by atoms with van der Waals surface area (Å²) >= 11 is 0. The third-order valence-corrected chi connectivity index (χ3v) is 4.06. The summed E-state index contributed by atoms with van der Waals surface area (Å²) in [7, 11) is 0. The van der Waals surface area contributed by atoms with Gasteiger partial charge in [0.05, 0.1) is 0 Å². The molecular formula is C15H25N3O2. The maximum atomic E-state index is 12.2. The smallest absolute Gasteiger partial charge is 0.267 e. The third-order valence-electron chi connectivity index (χ3n) is 4.06. The Bertz CT molecular complexity index is 436. The molecule has 20 heavy (non-hydrogen) atoms. The minimum atomic E-state index is -0.136. The molecule has 0 radical (unpaired) electrons. The number of hydrogen-bond donors (Lipinski definition) is 2. The first kappa shape index (κ1) is 15.0. The summed E-state index contributed by atoms with van der Waals surface area (Å²) in [5, 5.41) is 6.95. The van der Waals surface area contributed by atoms with Gasteiger partial charge in [0.2, 0.25) is 5.91 Å². The fraction of sp³-hybridized carbons (Fsp3) is 0.800. The van der Waals surface area contributed by atoms with Crippen molar-refractivity contribution in [3.05, 3.63) is 0 Å². The van der Waals surface area contributed by atoms with Gasteiger partial charge in [-0.3, -0.25) is 9.59 Å². The molecule has 5 nitrogen and oxygen atoms in total. The van der Waals surface area contributed by atoms with Crippen molar-refractivity contribution in [2.45, 2.75) is 65.8 Å². The van der Waals surface area contributed by atoms with Crippen LogP contribution in [0, 0.1) is 10.8 Å². The van der Waals surface area contributed by atoms with E-state index in [0.717, 1.165) is 12.8 Å². The highest BCUT2D eigenvalue weighted by molar-refractivity contribution is 6.39. The Kier molecular flexibility index (Phi) is 3.89. The minimum absolute atomic E-state index is 0.124. The second kappa shape index (κ2) is 5.19. The molecule has 1 aliphatic heterocycles. The van der Waals surface area contributed by atoms with Crippen molar-refractivity contribution in [2.75, 3.05) is 0 Å². The highest BCUT2D eigenvalue weighted by Gasteiger charge is 2.39. The van der Waals surface area contributed by atoms with Crippen molar-refractivity contribution in [1.29, 1.82) is 0 Å². The Labute approximate surface area is 120 Å². The van der Waals surface area contributed by atoms with E-state index in [1.807, 2.05) is 0 Å². The van der Waals surface area contributed by atoms with Crippen LogP contribution in [0.2, 0.25) is 0 Å². The molecular weight excluding hydrogens is 254 g/mol. The Balaban J connectivity index is 1.99. The number of nitrogens with one attached hydrogen (secondary N) is 2. The molecule has 2 amide bonds. The second-order valence-electron chi connectivity index (χ2n) is 7.68. The highest BCUT2D eigenvalue weighted by atomic mass is 16.2. The first-order valence-electron chi connectivity index (χ1n) is 7.33. The summed E-state index contributed by atoms with van der Waals surface area (Å²) in [6, 6.07) is 0.182. The van der Waals surface area contributed by atoms with Gasteiger partial charge in [-0.1, -0.05) is 27.7 Å². The number of hydrazone groups is 1. The Morgan fingerprint density at radius 1 is 1.20 bits per heavy atom. The topological polar surface area (TPSA) is 70.6 Å². The number of carbonyl (C=O) groups excluding carboxylic acids is 2. The number of carbonyl (C=O) groups is 2. The molecule has 112 valence electrons. The van der Waals surface area contributed by atoms with Gasteiger partial charge in [0.15, 0.2) is 0 Å². The lowest BCUT2D eigenvalue weighted by Gasteiger charge is -2.45. The lowest BCUT2D eigenvalue weighted by molar-refractivity contribution is -0.121. The zero-order valence-corrected chi connectivity index (χ0v) is 12.9. The maximum Gasteiger partial charge on any atom is 0.267 e. The molecule has 1 fully saturated rings. The van der Waals surface area contributed by atoms with Crippen LogP contribution in [0.1, 0.15) is 59.8 Å². The molecule has 2 aliphatic rings. The van der Waals surface area contributed by atoms with Crippen LogP contribution < -0.4 is 10.7 Å². The monoisotopic (exact) mass is 279 g/mol. The Morgan fingerprint density at radius 3 is 2.30 bits per heavy atom. The molecule has 1 heterocycles. The van der Waals surface area contributed by atoms with Gasteiger partial charge in [-0.15, -0.1) is 0 Å². The number of amides is 2. The van der Waals surface area contributed by atoms with Crippen LogP contribution in [-0.4, -0.2) is 23.6 Å².